The van der Waals surface area contributed by atoms with Gasteiger partial charge in [-0.2, -0.15) is 0 Å². The van der Waals surface area contributed by atoms with Crippen LogP contribution in [0.5, 0.6) is 5.75 Å². The van der Waals surface area contributed by atoms with Crippen LogP contribution in [0.25, 0.3) is 5.57 Å². The average molecular weight is 268 g/mol. The first-order chi connectivity index (χ1) is 9.65. The third-order valence-electron chi connectivity index (χ3n) is 2.88. The maximum atomic E-state index is 10.7. The highest BCUT2D eigenvalue weighted by atomic mass is 16.5. The molecule has 0 bridgehead atoms. The van der Waals surface area contributed by atoms with Crippen molar-refractivity contribution in [2.45, 2.75) is 13.5 Å². The predicted molar refractivity (Wildman–Crippen MR) is 78.5 cm³/mol. The van der Waals surface area contributed by atoms with E-state index in [4.69, 9.17) is 9.84 Å². The summed E-state index contributed by atoms with van der Waals surface area (Å²) in [6, 6.07) is 17.3. The SMILES string of the molecule is C/C(=C/C(=O)O)c1cccc(OCc2ccccc2)c1. The van der Waals surface area contributed by atoms with Gasteiger partial charge >= 0.3 is 5.97 Å². The van der Waals surface area contributed by atoms with E-state index in [9.17, 15) is 4.79 Å². The lowest BCUT2D eigenvalue weighted by Gasteiger charge is -2.08. The molecule has 0 aliphatic carbocycles. The summed E-state index contributed by atoms with van der Waals surface area (Å²) in [5, 5.41) is 8.76. The van der Waals surface area contributed by atoms with Gasteiger partial charge in [-0.3, -0.25) is 0 Å². The molecule has 0 spiro atoms. The van der Waals surface area contributed by atoms with Crippen LogP contribution in [0.15, 0.2) is 60.7 Å². The van der Waals surface area contributed by atoms with E-state index >= 15 is 0 Å². The van der Waals surface area contributed by atoms with E-state index in [1.807, 2.05) is 54.6 Å². The minimum Gasteiger partial charge on any atom is -0.489 e. The van der Waals surface area contributed by atoms with E-state index in [-0.39, 0.29) is 0 Å². The Labute approximate surface area is 118 Å². The Morgan fingerprint density at radius 1 is 1.15 bits per heavy atom. The van der Waals surface area contributed by atoms with Crippen molar-refractivity contribution in [3.05, 3.63) is 71.8 Å². The molecule has 0 heterocycles. The molecule has 0 aliphatic rings. The lowest BCUT2D eigenvalue weighted by molar-refractivity contribution is -0.131. The van der Waals surface area contributed by atoms with Crippen LogP contribution in [0.1, 0.15) is 18.1 Å². The van der Waals surface area contributed by atoms with Gasteiger partial charge in [0.15, 0.2) is 0 Å². The molecule has 0 amide bonds. The largest absolute Gasteiger partial charge is 0.489 e. The zero-order chi connectivity index (χ0) is 14.4. The molecule has 2 aromatic carbocycles. The Hall–Kier alpha value is -2.55. The summed E-state index contributed by atoms with van der Waals surface area (Å²) in [7, 11) is 0. The van der Waals surface area contributed by atoms with Crippen LogP contribution in [0.3, 0.4) is 0 Å². The molecule has 3 nitrogen and oxygen atoms in total. The van der Waals surface area contributed by atoms with Crippen LogP contribution in [0.2, 0.25) is 0 Å². The number of allylic oxidation sites excluding steroid dienone is 1. The molecule has 2 aromatic rings. The fourth-order valence-corrected chi connectivity index (χ4v) is 1.84. The molecule has 0 saturated carbocycles. The standard InChI is InChI=1S/C17H16O3/c1-13(10-17(18)19)15-8-5-9-16(11-15)20-12-14-6-3-2-4-7-14/h2-11H,12H2,1H3,(H,18,19)/b13-10-. The van der Waals surface area contributed by atoms with Crippen molar-refractivity contribution in [3.63, 3.8) is 0 Å². The summed E-state index contributed by atoms with van der Waals surface area (Å²) in [4.78, 5) is 10.7. The highest BCUT2D eigenvalue weighted by molar-refractivity contribution is 5.89. The van der Waals surface area contributed by atoms with E-state index in [1.165, 1.54) is 6.08 Å². The van der Waals surface area contributed by atoms with Crippen molar-refractivity contribution >= 4 is 11.5 Å². The first kappa shape index (κ1) is 13.9. The third kappa shape index (κ3) is 3.99. The molecule has 0 radical (unpaired) electrons. The topological polar surface area (TPSA) is 46.5 Å². The Bertz CT molecular complexity index is 615. The number of rotatable bonds is 5. The molecule has 0 fully saturated rings. The number of ether oxygens (including phenoxy) is 1. The van der Waals surface area contributed by atoms with E-state index in [0.717, 1.165) is 16.9 Å². The second kappa shape index (κ2) is 6.57. The summed E-state index contributed by atoms with van der Waals surface area (Å²) in [5.74, 6) is -0.220. The van der Waals surface area contributed by atoms with Crippen molar-refractivity contribution < 1.29 is 14.6 Å². The number of carboxylic acids is 1. The first-order valence-corrected chi connectivity index (χ1v) is 6.33. The van der Waals surface area contributed by atoms with Crippen LogP contribution in [-0.2, 0) is 11.4 Å². The molecule has 20 heavy (non-hydrogen) atoms. The molecule has 3 heteroatoms. The monoisotopic (exact) mass is 268 g/mol. The lowest BCUT2D eigenvalue weighted by Crippen LogP contribution is -1.96. The van der Waals surface area contributed by atoms with Crippen LogP contribution < -0.4 is 4.74 Å². The molecule has 1 N–H and O–H groups in total. The molecule has 102 valence electrons. The molecule has 2 rings (SSSR count). The second-order valence-electron chi connectivity index (χ2n) is 4.47. The number of aliphatic carboxylic acids is 1. The number of hydrogen-bond donors (Lipinski definition) is 1. The lowest BCUT2D eigenvalue weighted by atomic mass is 10.1. The van der Waals surface area contributed by atoms with Crippen LogP contribution in [0.4, 0.5) is 0 Å². The van der Waals surface area contributed by atoms with Gasteiger partial charge in [0.25, 0.3) is 0 Å². The summed E-state index contributed by atoms with van der Waals surface area (Å²) in [6.07, 6.45) is 1.19. The van der Waals surface area contributed by atoms with Crippen molar-refractivity contribution in [3.8, 4) is 5.75 Å². The number of benzene rings is 2. The maximum absolute atomic E-state index is 10.7. The van der Waals surface area contributed by atoms with Gasteiger partial charge in [0.05, 0.1) is 0 Å². The fourth-order valence-electron chi connectivity index (χ4n) is 1.84. The summed E-state index contributed by atoms with van der Waals surface area (Å²) < 4.78 is 5.71. The van der Waals surface area contributed by atoms with Crippen LogP contribution in [0, 0.1) is 0 Å². The molecule has 0 unspecified atom stereocenters. The van der Waals surface area contributed by atoms with Crippen molar-refractivity contribution in [2.75, 3.05) is 0 Å². The summed E-state index contributed by atoms with van der Waals surface area (Å²) in [6.45, 7) is 2.26. The average Bonchev–Trinajstić information content (AvgIpc) is 2.46. The minimum atomic E-state index is -0.946. The van der Waals surface area contributed by atoms with Crippen molar-refractivity contribution in [1.82, 2.24) is 0 Å². The number of carboxylic acid groups (broad SMARTS) is 1. The number of hydrogen-bond acceptors (Lipinski definition) is 2. The van der Waals surface area contributed by atoms with Gasteiger partial charge in [-0.05, 0) is 35.8 Å². The van der Waals surface area contributed by atoms with E-state index in [1.54, 1.807) is 6.92 Å². The zero-order valence-corrected chi connectivity index (χ0v) is 11.2. The fraction of sp³-hybridized carbons (Fsp3) is 0.118. The Morgan fingerprint density at radius 2 is 1.90 bits per heavy atom. The Balaban J connectivity index is 2.08. The zero-order valence-electron chi connectivity index (χ0n) is 11.2. The smallest absolute Gasteiger partial charge is 0.328 e. The molecule has 0 atom stereocenters. The summed E-state index contributed by atoms with van der Waals surface area (Å²) in [5.41, 5.74) is 2.64. The van der Waals surface area contributed by atoms with Crippen molar-refractivity contribution in [2.24, 2.45) is 0 Å². The van der Waals surface area contributed by atoms with Gasteiger partial charge in [-0.1, -0.05) is 42.5 Å². The molecular formula is C17H16O3. The van der Waals surface area contributed by atoms with Gasteiger partial charge in [0.1, 0.15) is 12.4 Å². The molecular weight excluding hydrogens is 252 g/mol. The van der Waals surface area contributed by atoms with E-state index in [2.05, 4.69) is 0 Å². The predicted octanol–water partition coefficient (Wildman–Crippen LogP) is 3.75. The normalized spacial score (nSPS) is 11.2. The van der Waals surface area contributed by atoms with Gasteiger partial charge in [0, 0.05) is 6.08 Å². The van der Waals surface area contributed by atoms with Gasteiger partial charge in [-0.25, -0.2) is 4.79 Å². The Kier molecular flexibility index (Phi) is 4.56. The third-order valence-corrected chi connectivity index (χ3v) is 2.88. The number of carbonyl (C=O) groups is 1. The molecule has 0 aliphatic heterocycles. The van der Waals surface area contributed by atoms with Crippen LogP contribution >= 0.6 is 0 Å². The van der Waals surface area contributed by atoms with Gasteiger partial charge < -0.3 is 9.84 Å². The van der Waals surface area contributed by atoms with Crippen molar-refractivity contribution in [1.29, 1.82) is 0 Å². The highest BCUT2D eigenvalue weighted by Crippen LogP contribution is 2.20. The van der Waals surface area contributed by atoms with Crippen LogP contribution in [-0.4, -0.2) is 11.1 Å². The minimum absolute atomic E-state index is 0.492. The molecule has 0 saturated heterocycles. The summed E-state index contributed by atoms with van der Waals surface area (Å²) >= 11 is 0. The first-order valence-electron chi connectivity index (χ1n) is 6.33. The second-order valence-corrected chi connectivity index (χ2v) is 4.47. The maximum Gasteiger partial charge on any atom is 0.328 e. The van der Waals surface area contributed by atoms with E-state index < -0.39 is 5.97 Å². The van der Waals surface area contributed by atoms with Gasteiger partial charge in [-0.15, -0.1) is 0 Å². The quantitative estimate of drug-likeness (QED) is 0.840. The molecule has 0 aromatic heterocycles. The highest BCUT2D eigenvalue weighted by Gasteiger charge is 2.01. The van der Waals surface area contributed by atoms with Gasteiger partial charge in [0.2, 0.25) is 0 Å². The van der Waals surface area contributed by atoms with E-state index in [0.29, 0.717) is 12.2 Å². The Morgan fingerprint density at radius 3 is 2.60 bits per heavy atom.